The molecular weight excluding hydrogens is 537 g/mol. The van der Waals surface area contributed by atoms with Gasteiger partial charge in [-0.05, 0) is 49.7 Å². The highest BCUT2D eigenvalue weighted by atomic mass is 127. The number of pyridine rings is 1. The van der Waals surface area contributed by atoms with E-state index in [0.29, 0.717) is 37.0 Å². The summed E-state index contributed by atoms with van der Waals surface area (Å²) in [6, 6.07) is 7.72. The quantitative estimate of drug-likeness (QED) is 0.195. The van der Waals surface area contributed by atoms with Gasteiger partial charge in [0.2, 0.25) is 0 Å². The number of benzene rings is 1. The van der Waals surface area contributed by atoms with Crippen molar-refractivity contribution in [2.45, 2.75) is 25.6 Å². The zero-order valence-electron chi connectivity index (χ0n) is 17.4. The van der Waals surface area contributed by atoms with Crippen molar-refractivity contribution in [3.05, 3.63) is 59.5 Å². The molecule has 1 fully saturated rings. The monoisotopic (exact) mass is 561 g/mol. The number of halogens is 5. The summed E-state index contributed by atoms with van der Waals surface area (Å²) in [5, 5.41) is 6.45. The van der Waals surface area contributed by atoms with Crippen molar-refractivity contribution in [2.75, 3.05) is 31.1 Å². The van der Waals surface area contributed by atoms with E-state index in [1.54, 1.807) is 12.3 Å². The first kappa shape index (κ1) is 25.7. The van der Waals surface area contributed by atoms with Gasteiger partial charge in [0.1, 0.15) is 6.54 Å². The van der Waals surface area contributed by atoms with Crippen molar-refractivity contribution in [2.24, 2.45) is 4.99 Å². The molecule has 10 heteroatoms. The first-order chi connectivity index (χ1) is 14.9. The van der Waals surface area contributed by atoms with Crippen molar-refractivity contribution in [1.29, 1.82) is 0 Å². The molecule has 0 aliphatic carbocycles. The number of hydrogen-bond donors (Lipinski definition) is 2. The van der Waals surface area contributed by atoms with E-state index in [9.17, 15) is 17.6 Å². The maximum absolute atomic E-state index is 13.9. The molecule has 0 amide bonds. The first-order valence-corrected chi connectivity index (χ1v) is 9.93. The third-order valence-corrected chi connectivity index (χ3v) is 4.67. The molecule has 2 heterocycles. The van der Waals surface area contributed by atoms with Crippen molar-refractivity contribution in [3.63, 3.8) is 0 Å². The number of anilines is 1. The second kappa shape index (κ2) is 11.9. The fraction of sp³-hybridized carbons (Fsp3) is 0.364. The fourth-order valence-corrected chi connectivity index (χ4v) is 3.20. The molecule has 0 bridgehead atoms. The number of hydrogen-bond acceptors (Lipinski definition) is 3. The van der Waals surface area contributed by atoms with Crippen LogP contribution in [0.3, 0.4) is 0 Å². The van der Waals surface area contributed by atoms with E-state index >= 15 is 0 Å². The molecule has 1 aromatic carbocycles. The van der Waals surface area contributed by atoms with Crippen molar-refractivity contribution < 1.29 is 17.6 Å². The lowest BCUT2D eigenvalue weighted by Gasteiger charge is -2.19. The predicted molar refractivity (Wildman–Crippen MR) is 128 cm³/mol. The highest BCUT2D eigenvalue weighted by Crippen LogP contribution is 2.28. The van der Waals surface area contributed by atoms with Gasteiger partial charge in [0, 0.05) is 37.4 Å². The summed E-state index contributed by atoms with van der Waals surface area (Å²) in [5.41, 5.74) is -0.212. The lowest BCUT2D eigenvalue weighted by atomic mass is 10.1. The maximum atomic E-state index is 13.9. The number of guanidine groups is 1. The minimum atomic E-state index is -4.36. The molecule has 1 aliphatic heterocycles. The number of nitrogens with one attached hydrogen (secondary N) is 2. The van der Waals surface area contributed by atoms with Gasteiger partial charge in [-0.15, -0.1) is 24.0 Å². The highest BCUT2D eigenvalue weighted by molar-refractivity contribution is 14.0. The SMILES string of the molecule is CCNC(=NCC#Cc1ccc(C(F)(F)F)cc1)NC1CCN(c2ncccc2F)C1.I. The molecule has 1 unspecified atom stereocenters. The van der Waals surface area contributed by atoms with Crippen LogP contribution in [0.5, 0.6) is 0 Å². The fourth-order valence-electron chi connectivity index (χ4n) is 3.20. The molecule has 1 aliphatic rings. The van der Waals surface area contributed by atoms with Crippen molar-refractivity contribution >= 4 is 35.8 Å². The van der Waals surface area contributed by atoms with Crippen LogP contribution in [0.1, 0.15) is 24.5 Å². The molecule has 1 saturated heterocycles. The second-order valence-corrected chi connectivity index (χ2v) is 6.96. The van der Waals surface area contributed by atoms with Crippen LogP contribution in [0, 0.1) is 17.7 Å². The highest BCUT2D eigenvalue weighted by Gasteiger charge is 2.29. The third kappa shape index (κ3) is 7.25. The van der Waals surface area contributed by atoms with Crippen LogP contribution in [-0.4, -0.2) is 43.2 Å². The summed E-state index contributed by atoms with van der Waals surface area (Å²) in [6.45, 7) is 4.05. The minimum Gasteiger partial charge on any atom is -0.357 e. The zero-order chi connectivity index (χ0) is 22.3. The minimum absolute atomic E-state index is 0. The predicted octanol–water partition coefficient (Wildman–Crippen LogP) is 4.04. The average molecular weight is 561 g/mol. The zero-order valence-corrected chi connectivity index (χ0v) is 19.7. The molecule has 2 aromatic rings. The van der Waals surface area contributed by atoms with Gasteiger partial charge in [-0.3, -0.25) is 0 Å². The molecule has 3 rings (SSSR count). The van der Waals surface area contributed by atoms with Crippen LogP contribution < -0.4 is 15.5 Å². The molecular formula is C22H24F4IN5. The normalized spacial score (nSPS) is 16.1. The summed E-state index contributed by atoms with van der Waals surface area (Å²) in [7, 11) is 0. The van der Waals surface area contributed by atoms with Crippen LogP contribution in [0.25, 0.3) is 0 Å². The summed E-state index contributed by atoms with van der Waals surface area (Å²) in [4.78, 5) is 10.4. The van der Waals surface area contributed by atoms with Crippen LogP contribution in [0.2, 0.25) is 0 Å². The van der Waals surface area contributed by atoms with Gasteiger partial charge in [-0.25, -0.2) is 14.4 Å². The molecule has 172 valence electrons. The number of aliphatic imine (C=N–C) groups is 1. The average Bonchev–Trinajstić information content (AvgIpc) is 3.19. The van der Waals surface area contributed by atoms with Gasteiger partial charge in [0.15, 0.2) is 17.6 Å². The molecule has 2 N–H and O–H groups in total. The van der Waals surface area contributed by atoms with Crippen LogP contribution in [0.15, 0.2) is 47.6 Å². The van der Waals surface area contributed by atoms with E-state index < -0.39 is 11.7 Å². The Bertz CT molecular complexity index is 967. The van der Waals surface area contributed by atoms with Crippen molar-refractivity contribution in [3.8, 4) is 11.8 Å². The largest absolute Gasteiger partial charge is 0.416 e. The second-order valence-electron chi connectivity index (χ2n) is 6.96. The van der Waals surface area contributed by atoms with E-state index in [1.165, 1.54) is 18.2 Å². The van der Waals surface area contributed by atoms with E-state index in [4.69, 9.17) is 0 Å². The number of aromatic nitrogens is 1. The summed E-state index contributed by atoms with van der Waals surface area (Å²) >= 11 is 0. The van der Waals surface area contributed by atoms with Gasteiger partial charge in [0.05, 0.1) is 5.56 Å². The van der Waals surface area contributed by atoms with Gasteiger partial charge < -0.3 is 15.5 Å². The smallest absolute Gasteiger partial charge is 0.357 e. The topological polar surface area (TPSA) is 52.6 Å². The van der Waals surface area contributed by atoms with Crippen LogP contribution in [-0.2, 0) is 6.18 Å². The standard InChI is InChI=1S/C22H23F4N5.HI/c1-2-27-21(29-13-3-5-16-7-9-17(10-8-16)22(24,25)26)30-18-11-14-31(15-18)20-19(23)6-4-12-28-20;/h4,6-10,12,18H,2,11,13-15H2,1H3,(H2,27,29,30);1H. The lowest BCUT2D eigenvalue weighted by Crippen LogP contribution is -2.44. The molecule has 0 spiro atoms. The Morgan fingerprint density at radius 3 is 2.66 bits per heavy atom. The third-order valence-electron chi connectivity index (χ3n) is 4.67. The Kier molecular flexibility index (Phi) is 9.56. The van der Waals surface area contributed by atoms with Gasteiger partial charge in [0.25, 0.3) is 0 Å². The van der Waals surface area contributed by atoms with Gasteiger partial charge in [-0.1, -0.05) is 11.8 Å². The molecule has 32 heavy (non-hydrogen) atoms. The molecule has 0 saturated carbocycles. The Labute approximate surface area is 201 Å². The Morgan fingerprint density at radius 1 is 1.25 bits per heavy atom. The maximum Gasteiger partial charge on any atom is 0.416 e. The van der Waals surface area contributed by atoms with E-state index in [1.807, 2.05) is 11.8 Å². The molecule has 1 aromatic heterocycles. The van der Waals surface area contributed by atoms with Crippen LogP contribution >= 0.6 is 24.0 Å². The Hall–Kier alpha value is -2.55. The van der Waals surface area contributed by atoms with E-state index in [2.05, 4.69) is 32.5 Å². The molecule has 5 nitrogen and oxygen atoms in total. The summed E-state index contributed by atoms with van der Waals surface area (Å²) in [6.07, 6.45) is -1.99. The van der Waals surface area contributed by atoms with Gasteiger partial charge in [-0.2, -0.15) is 13.2 Å². The van der Waals surface area contributed by atoms with Crippen molar-refractivity contribution in [1.82, 2.24) is 15.6 Å². The number of alkyl halides is 3. The summed E-state index contributed by atoms with van der Waals surface area (Å²) < 4.78 is 51.8. The Morgan fingerprint density at radius 2 is 2.00 bits per heavy atom. The van der Waals surface area contributed by atoms with E-state index in [-0.39, 0.29) is 42.4 Å². The van der Waals surface area contributed by atoms with Gasteiger partial charge >= 0.3 is 6.18 Å². The molecule has 1 atom stereocenters. The van der Waals surface area contributed by atoms with Crippen LogP contribution in [0.4, 0.5) is 23.4 Å². The lowest BCUT2D eigenvalue weighted by molar-refractivity contribution is -0.137. The Balaban J connectivity index is 0.00000363. The number of nitrogens with zero attached hydrogens (tertiary/aromatic N) is 3. The first-order valence-electron chi connectivity index (χ1n) is 9.93. The molecule has 0 radical (unpaired) electrons. The number of rotatable bonds is 4. The van der Waals surface area contributed by atoms with E-state index in [0.717, 1.165) is 18.6 Å². The summed E-state index contributed by atoms with van der Waals surface area (Å²) in [5.74, 6) is 6.24.